The third-order valence-electron chi connectivity index (χ3n) is 3.10. The third-order valence-corrected chi connectivity index (χ3v) is 3.10. The molecule has 0 saturated carbocycles. The molecule has 3 rings (SSSR count). The second kappa shape index (κ2) is 4.73. The van der Waals surface area contributed by atoms with E-state index in [9.17, 15) is 18.0 Å². The summed E-state index contributed by atoms with van der Waals surface area (Å²) in [5.74, 6) is 0. The zero-order valence-electron chi connectivity index (χ0n) is 10.6. The summed E-state index contributed by atoms with van der Waals surface area (Å²) in [7, 11) is 0. The number of halogens is 3. The van der Waals surface area contributed by atoms with Crippen LogP contribution in [0, 0.1) is 0 Å². The molecule has 106 valence electrons. The van der Waals surface area contributed by atoms with Gasteiger partial charge in [-0.05, 0) is 18.2 Å². The first-order valence-corrected chi connectivity index (χ1v) is 6.09. The minimum atomic E-state index is -4.39. The van der Waals surface area contributed by atoms with Crippen molar-refractivity contribution in [2.24, 2.45) is 0 Å². The van der Waals surface area contributed by atoms with Crippen molar-refractivity contribution < 1.29 is 18.0 Å². The van der Waals surface area contributed by atoms with Crippen LogP contribution in [0.1, 0.15) is 15.9 Å². The molecule has 0 fully saturated rings. The molecule has 0 saturated heterocycles. The molecule has 0 bridgehead atoms. The number of fused-ring (bicyclic) bond motifs is 1. The Labute approximate surface area is 117 Å². The van der Waals surface area contributed by atoms with E-state index in [0.717, 1.165) is 12.3 Å². The fourth-order valence-corrected chi connectivity index (χ4v) is 2.07. The van der Waals surface area contributed by atoms with Crippen molar-refractivity contribution in [3.63, 3.8) is 0 Å². The van der Waals surface area contributed by atoms with Gasteiger partial charge in [0.2, 0.25) is 0 Å². The van der Waals surface area contributed by atoms with Crippen molar-refractivity contribution >= 4 is 11.9 Å². The molecule has 0 aliphatic rings. The molecule has 0 radical (unpaired) electrons. The standard InChI is InChI=1S/C15H9F3N2O/c16-15(17,18)12-4-5-14-19-13(8-20(14)7-12)11-3-1-2-10(6-11)9-21/h1-9H. The van der Waals surface area contributed by atoms with Gasteiger partial charge < -0.3 is 4.40 Å². The number of aldehydes is 1. The van der Waals surface area contributed by atoms with Gasteiger partial charge in [-0.15, -0.1) is 0 Å². The van der Waals surface area contributed by atoms with Crippen LogP contribution in [0.25, 0.3) is 16.9 Å². The summed E-state index contributed by atoms with van der Waals surface area (Å²) in [5.41, 5.74) is 1.35. The Kier molecular flexibility index (Phi) is 3.01. The van der Waals surface area contributed by atoms with Crippen LogP contribution in [-0.4, -0.2) is 15.7 Å². The van der Waals surface area contributed by atoms with Crippen molar-refractivity contribution in [2.45, 2.75) is 6.18 Å². The van der Waals surface area contributed by atoms with Crippen LogP contribution in [0.3, 0.4) is 0 Å². The molecule has 2 aromatic heterocycles. The number of alkyl halides is 3. The molecule has 6 heteroatoms. The number of carbonyl (C=O) groups is 1. The van der Waals surface area contributed by atoms with Gasteiger partial charge in [0.15, 0.2) is 0 Å². The van der Waals surface area contributed by atoms with Crippen LogP contribution in [-0.2, 0) is 6.18 Å². The Hall–Kier alpha value is -2.63. The second-order valence-electron chi connectivity index (χ2n) is 4.55. The molecule has 1 aromatic carbocycles. The van der Waals surface area contributed by atoms with Gasteiger partial charge in [0.05, 0.1) is 11.3 Å². The molecule has 21 heavy (non-hydrogen) atoms. The van der Waals surface area contributed by atoms with E-state index in [1.54, 1.807) is 24.3 Å². The fourth-order valence-electron chi connectivity index (χ4n) is 2.07. The van der Waals surface area contributed by atoms with Crippen molar-refractivity contribution in [3.8, 4) is 11.3 Å². The van der Waals surface area contributed by atoms with Gasteiger partial charge in [-0.25, -0.2) is 4.98 Å². The van der Waals surface area contributed by atoms with Gasteiger partial charge in [-0.2, -0.15) is 13.2 Å². The summed E-state index contributed by atoms with van der Waals surface area (Å²) < 4.78 is 39.3. The average molecular weight is 290 g/mol. The van der Waals surface area contributed by atoms with Gasteiger partial charge in [-0.3, -0.25) is 4.79 Å². The Balaban J connectivity index is 2.10. The maximum atomic E-state index is 12.7. The van der Waals surface area contributed by atoms with E-state index in [0.29, 0.717) is 28.8 Å². The molecule has 0 spiro atoms. The van der Waals surface area contributed by atoms with Crippen molar-refractivity contribution in [1.82, 2.24) is 9.38 Å². The number of pyridine rings is 1. The van der Waals surface area contributed by atoms with E-state index in [2.05, 4.69) is 4.98 Å². The first kappa shape index (κ1) is 13.4. The molecule has 0 N–H and O–H groups in total. The lowest BCUT2D eigenvalue weighted by molar-refractivity contribution is -0.137. The van der Waals surface area contributed by atoms with E-state index < -0.39 is 11.7 Å². The molecule has 0 aliphatic heterocycles. The minimum absolute atomic E-state index is 0.412. The van der Waals surface area contributed by atoms with Crippen LogP contribution in [0.4, 0.5) is 13.2 Å². The maximum Gasteiger partial charge on any atom is 0.417 e. The van der Waals surface area contributed by atoms with Crippen LogP contribution < -0.4 is 0 Å². The normalized spacial score (nSPS) is 11.8. The Morgan fingerprint density at radius 3 is 2.62 bits per heavy atom. The highest BCUT2D eigenvalue weighted by Crippen LogP contribution is 2.30. The smallest absolute Gasteiger partial charge is 0.306 e. The van der Waals surface area contributed by atoms with Gasteiger partial charge in [0.25, 0.3) is 0 Å². The average Bonchev–Trinajstić information content (AvgIpc) is 2.89. The lowest BCUT2D eigenvalue weighted by Crippen LogP contribution is -2.05. The van der Waals surface area contributed by atoms with Gasteiger partial charge in [0.1, 0.15) is 11.9 Å². The Bertz CT molecular complexity index is 821. The van der Waals surface area contributed by atoms with Crippen molar-refractivity contribution in [1.29, 1.82) is 0 Å². The van der Waals surface area contributed by atoms with Gasteiger partial charge in [0, 0.05) is 23.5 Å². The largest absolute Gasteiger partial charge is 0.417 e. The Morgan fingerprint density at radius 2 is 1.90 bits per heavy atom. The van der Waals surface area contributed by atoms with Crippen LogP contribution in [0.15, 0.2) is 48.8 Å². The number of carbonyl (C=O) groups excluding carboxylic acids is 1. The quantitative estimate of drug-likeness (QED) is 0.672. The number of hydrogen-bond acceptors (Lipinski definition) is 2. The first-order valence-electron chi connectivity index (χ1n) is 6.09. The number of aromatic nitrogens is 2. The SMILES string of the molecule is O=Cc1cccc(-c2cn3cc(C(F)(F)F)ccc3n2)c1. The lowest BCUT2D eigenvalue weighted by atomic mass is 10.1. The lowest BCUT2D eigenvalue weighted by Gasteiger charge is -2.05. The van der Waals surface area contributed by atoms with E-state index in [4.69, 9.17) is 0 Å². The molecule has 2 heterocycles. The summed E-state index contributed by atoms with van der Waals surface area (Å²) in [6, 6.07) is 9.04. The first-order chi connectivity index (χ1) is 9.97. The number of hydrogen-bond donors (Lipinski definition) is 0. The maximum absolute atomic E-state index is 12.7. The van der Waals surface area contributed by atoms with Crippen LogP contribution in [0.5, 0.6) is 0 Å². The van der Waals surface area contributed by atoms with E-state index >= 15 is 0 Å². The molecule has 0 atom stereocenters. The molecule has 0 aliphatic carbocycles. The van der Waals surface area contributed by atoms with E-state index in [-0.39, 0.29) is 0 Å². The van der Waals surface area contributed by atoms with Gasteiger partial charge >= 0.3 is 6.18 Å². The topological polar surface area (TPSA) is 34.4 Å². The van der Waals surface area contributed by atoms with Crippen LogP contribution >= 0.6 is 0 Å². The molecule has 0 unspecified atom stereocenters. The summed E-state index contributed by atoms with van der Waals surface area (Å²) in [6.07, 6.45) is -1.18. The molecular weight excluding hydrogens is 281 g/mol. The monoisotopic (exact) mass is 290 g/mol. The highest BCUT2D eigenvalue weighted by atomic mass is 19.4. The number of nitrogens with zero attached hydrogens (tertiary/aromatic N) is 2. The highest BCUT2D eigenvalue weighted by molar-refractivity contribution is 5.78. The summed E-state index contributed by atoms with van der Waals surface area (Å²) >= 11 is 0. The van der Waals surface area contributed by atoms with Crippen molar-refractivity contribution in [2.75, 3.05) is 0 Å². The summed E-state index contributed by atoms with van der Waals surface area (Å²) in [5, 5.41) is 0. The predicted molar refractivity (Wildman–Crippen MR) is 71.0 cm³/mol. The fraction of sp³-hybridized carbons (Fsp3) is 0.0667. The van der Waals surface area contributed by atoms with E-state index in [1.165, 1.54) is 16.7 Å². The number of rotatable bonds is 2. The Morgan fingerprint density at radius 1 is 1.10 bits per heavy atom. The number of imidazole rings is 1. The van der Waals surface area contributed by atoms with Crippen molar-refractivity contribution in [3.05, 3.63) is 59.9 Å². The zero-order valence-corrected chi connectivity index (χ0v) is 10.6. The molecule has 3 nitrogen and oxygen atoms in total. The predicted octanol–water partition coefficient (Wildman–Crippen LogP) is 3.83. The van der Waals surface area contributed by atoms with Gasteiger partial charge in [-0.1, -0.05) is 18.2 Å². The molecule has 0 amide bonds. The molecule has 3 aromatic rings. The minimum Gasteiger partial charge on any atom is -0.306 e. The number of benzene rings is 1. The zero-order chi connectivity index (χ0) is 15.0. The van der Waals surface area contributed by atoms with E-state index in [1.807, 2.05) is 0 Å². The highest BCUT2D eigenvalue weighted by Gasteiger charge is 2.30. The second-order valence-corrected chi connectivity index (χ2v) is 4.55. The summed E-state index contributed by atoms with van der Waals surface area (Å²) in [6.45, 7) is 0. The summed E-state index contributed by atoms with van der Waals surface area (Å²) in [4.78, 5) is 15.0. The third kappa shape index (κ3) is 2.52. The van der Waals surface area contributed by atoms with Crippen LogP contribution in [0.2, 0.25) is 0 Å². The molecular formula is C15H9F3N2O.